The van der Waals surface area contributed by atoms with E-state index in [4.69, 9.17) is 9.47 Å². The van der Waals surface area contributed by atoms with Gasteiger partial charge in [-0.05, 0) is 54.9 Å². The molecular formula is C21H31NO4. The molecule has 1 aliphatic rings. The number of nitrogens with zero attached hydrogens (tertiary/aromatic N) is 1. The van der Waals surface area contributed by atoms with Crippen LogP contribution in [0.2, 0.25) is 0 Å². The first-order valence-electron chi connectivity index (χ1n) is 9.42. The van der Waals surface area contributed by atoms with Crippen LogP contribution in [0.4, 0.5) is 5.69 Å². The first-order valence-corrected chi connectivity index (χ1v) is 9.42. The molecule has 0 amide bonds. The lowest BCUT2D eigenvalue weighted by molar-refractivity contribution is -0.159. The highest BCUT2D eigenvalue weighted by Crippen LogP contribution is 2.35. The fourth-order valence-electron chi connectivity index (χ4n) is 3.56. The van der Waals surface area contributed by atoms with Crippen molar-refractivity contribution < 1.29 is 19.1 Å². The Morgan fingerprint density at radius 1 is 1.15 bits per heavy atom. The van der Waals surface area contributed by atoms with Crippen LogP contribution in [0, 0.1) is 17.8 Å². The Morgan fingerprint density at radius 3 is 2.38 bits per heavy atom. The third kappa shape index (κ3) is 5.48. The quantitative estimate of drug-likeness (QED) is 0.719. The second-order valence-corrected chi connectivity index (χ2v) is 7.87. The van der Waals surface area contributed by atoms with Crippen LogP contribution in [0.15, 0.2) is 24.3 Å². The molecule has 1 aromatic carbocycles. The number of hydrogen-bond acceptors (Lipinski definition) is 5. The van der Waals surface area contributed by atoms with Crippen molar-refractivity contribution in [1.82, 2.24) is 0 Å². The van der Waals surface area contributed by atoms with Crippen LogP contribution in [0.1, 0.15) is 50.4 Å². The molecule has 1 aromatic rings. The van der Waals surface area contributed by atoms with E-state index in [0.717, 1.165) is 18.5 Å². The third-order valence-corrected chi connectivity index (χ3v) is 5.18. The number of benzene rings is 1. The zero-order valence-corrected chi connectivity index (χ0v) is 16.5. The number of carbonyl (C=O) groups excluding carboxylic acids is 2. The summed E-state index contributed by atoms with van der Waals surface area (Å²) in [5.41, 5.74) is 1.42. The van der Waals surface area contributed by atoms with Crippen molar-refractivity contribution in [2.45, 2.75) is 46.1 Å². The molecule has 0 aromatic heterocycles. The Bertz CT molecular complexity index is 609. The highest BCUT2D eigenvalue weighted by atomic mass is 16.6. The van der Waals surface area contributed by atoms with Gasteiger partial charge in [-0.1, -0.05) is 27.2 Å². The summed E-state index contributed by atoms with van der Waals surface area (Å²) in [6.45, 7) is 6.18. The smallest absolute Gasteiger partial charge is 0.344 e. The SMILES string of the molecule is CC(C)[C@@H]1CC[C@@H](C)C[C@@H]1OC(=O)COC(=O)c1ccc(N(C)C)cc1. The van der Waals surface area contributed by atoms with Gasteiger partial charge in [-0.25, -0.2) is 9.59 Å². The maximum Gasteiger partial charge on any atom is 0.344 e. The summed E-state index contributed by atoms with van der Waals surface area (Å²) in [7, 11) is 3.86. The van der Waals surface area contributed by atoms with Crippen molar-refractivity contribution in [1.29, 1.82) is 0 Å². The normalized spacial score (nSPS) is 22.8. The number of hydrogen-bond donors (Lipinski definition) is 0. The highest BCUT2D eigenvalue weighted by molar-refractivity contribution is 5.91. The average molecular weight is 361 g/mol. The molecule has 0 N–H and O–H groups in total. The van der Waals surface area contributed by atoms with Gasteiger partial charge in [-0.3, -0.25) is 0 Å². The molecule has 1 saturated carbocycles. The van der Waals surface area contributed by atoms with E-state index in [1.807, 2.05) is 31.1 Å². The predicted molar refractivity (Wildman–Crippen MR) is 102 cm³/mol. The second-order valence-electron chi connectivity index (χ2n) is 7.87. The summed E-state index contributed by atoms with van der Waals surface area (Å²) >= 11 is 0. The van der Waals surface area contributed by atoms with Crippen LogP contribution in [-0.4, -0.2) is 38.7 Å². The van der Waals surface area contributed by atoms with E-state index in [9.17, 15) is 9.59 Å². The molecule has 144 valence electrons. The van der Waals surface area contributed by atoms with Crippen LogP contribution in [0.3, 0.4) is 0 Å². The minimum absolute atomic E-state index is 0.0793. The zero-order chi connectivity index (χ0) is 19.3. The summed E-state index contributed by atoms with van der Waals surface area (Å²) in [6.07, 6.45) is 3.06. The van der Waals surface area contributed by atoms with Gasteiger partial charge in [0.05, 0.1) is 5.56 Å². The Labute approximate surface area is 156 Å². The summed E-state index contributed by atoms with van der Waals surface area (Å²) < 4.78 is 10.8. The lowest BCUT2D eigenvalue weighted by Gasteiger charge is -2.36. The van der Waals surface area contributed by atoms with Crippen LogP contribution < -0.4 is 4.90 Å². The van der Waals surface area contributed by atoms with Crippen molar-refractivity contribution >= 4 is 17.6 Å². The first kappa shape index (κ1) is 20.3. The van der Waals surface area contributed by atoms with Gasteiger partial charge in [-0.15, -0.1) is 0 Å². The van der Waals surface area contributed by atoms with Gasteiger partial charge in [-0.2, -0.15) is 0 Å². The fourth-order valence-corrected chi connectivity index (χ4v) is 3.56. The number of rotatable bonds is 6. The number of ether oxygens (including phenoxy) is 2. The van der Waals surface area contributed by atoms with Crippen LogP contribution in [-0.2, 0) is 14.3 Å². The topological polar surface area (TPSA) is 55.8 Å². The minimum atomic E-state index is -0.510. The molecule has 2 rings (SSSR count). The number of carbonyl (C=O) groups is 2. The van der Waals surface area contributed by atoms with Crippen molar-refractivity contribution in [3.63, 3.8) is 0 Å². The molecule has 0 spiro atoms. The Balaban J connectivity index is 1.86. The number of anilines is 1. The van der Waals surface area contributed by atoms with E-state index < -0.39 is 11.9 Å². The van der Waals surface area contributed by atoms with Crippen LogP contribution >= 0.6 is 0 Å². The molecule has 0 aliphatic heterocycles. The van der Waals surface area contributed by atoms with E-state index in [1.165, 1.54) is 6.42 Å². The Kier molecular flexibility index (Phi) is 7.06. The van der Waals surface area contributed by atoms with Gasteiger partial charge in [0.1, 0.15) is 6.10 Å². The predicted octanol–water partition coefficient (Wildman–Crippen LogP) is 3.91. The molecule has 26 heavy (non-hydrogen) atoms. The van der Waals surface area contributed by atoms with Gasteiger partial charge in [0.15, 0.2) is 6.61 Å². The molecule has 5 heteroatoms. The van der Waals surface area contributed by atoms with Gasteiger partial charge >= 0.3 is 11.9 Å². The van der Waals surface area contributed by atoms with Crippen LogP contribution in [0.5, 0.6) is 0 Å². The average Bonchev–Trinajstić information content (AvgIpc) is 2.59. The summed E-state index contributed by atoms with van der Waals surface area (Å²) in [5.74, 6) is 0.431. The van der Waals surface area contributed by atoms with E-state index in [-0.39, 0.29) is 12.7 Å². The van der Waals surface area contributed by atoms with E-state index in [0.29, 0.717) is 23.3 Å². The van der Waals surface area contributed by atoms with E-state index in [1.54, 1.807) is 12.1 Å². The molecule has 0 bridgehead atoms. The molecule has 0 radical (unpaired) electrons. The summed E-state index contributed by atoms with van der Waals surface area (Å²) in [5, 5.41) is 0. The summed E-state index contributed by atoms with van der Waals surface area (Å²) in [6, 6.07) is 7.07. The largest absolute Gasteiger partial charge is 0.460 e. The Hall–Kier alpha value is -2.04. The highest BCUT2D eigenvalue weighted by Gasteiger charge is 2.33. The molecule has 0 unspecified atom stereocenters. The molecule has 0 heterocycles. The van der Waals surface area contributed by atoms with Gasteiger partial charge in [0.2, 0.25) is 0 Å². The third-order valence-electron chi connectivity index (χ3n) is 5.18. The zero-order valence-electron chi connectivity index (χ0n) is 16.5. The minimum Gasteiger partial charge on any atom is -0.460 e. The fraction of sp³-hybridized carbons (Fsp3) is 0.619. The maximum atomic E-state index is 12.2. The lowest BCUT2D eigenvalue weighted by Crippen LogP contribution is -2.36. The van der Waals surface area contributed by atoms with Gasteiger partial charge < -0.3 is 14.4 Å². The molecule has 0 saturated heterocycles. The molecule has 1 aliphatic carbocycles. The van der Waals surface area contributed by atoms with Crippen LogP contribution in [0.25, 0.3) is 0 Å². The lowest BCUT2D eigenvalue weighted by atomic mass is 9.75. The number of esters is 2. The monoisotopic (exact) mass is 361 g/mol. The molecule has 3 atom stereocenters. The molecule has 5 nitrogen and oxygen atoms in total. The standard InChI is InChI=1S/C21H31NO4/c1-14(2)18-11-6-15(3)12-19(18)26-20(23)13-25-21(24)16-7-9-17(10-8-16)22(4)5/h7-10,14-15,18-19H,6,11-13H2,1-5H3/t15-,18+,19+/m1/s1. The van der Waals surface area contributed by atoms with Gasteiger partial charge in [0, 0.05) is 19.8 Å². The van der Waals surface area contributed by atoms with Gasteiger partial charge in [0.25, 0.3) is 0 Å². The van der Waals surface area contributed by atoms with Crippen molar-refractivity contribution in [2.75, 3.05) is 25.6 Å². The maximum absolute atomic E-state index is 12.2. The van der Waals surface area contributed by atoms with E-state index in [2.05, 4.69) is 20.8 Å². The molecular weight excluding hydrogens is 330 g/mol. The van der Waals surface area contributed by atoms with E-state index >= 15 is 0 Å². The van der Waals surface area contributed by atoms with Crippen molar-refractivity contribution in [2.24, 2.45) is 17.8 Å². The van der Waals surface area contributed by atoms with Crippen molar-refractivity contribution in [3.8, 4) is 0 Å². The molecule has 1 fully saturated rings. The van der Waals surface area contributed by atoms with Crippen molar-refractivity contribution in [3.05, 3.63) is 29.8 Å². The first-order chi connectivity index (χ1) is 12.3. The second kappa shape index (κ2) is 9.06. The Morgan fingerprint density at radius 2 is 1.81 bits per heavy atom. The summed E-state index contributed by atoms with van der Waals surface area (Å²) in [4.78, 5) is 26.2.